The Morgan fingerprint density at radius 3 is 2.50 bits per heavy atom. The van der Waals surface area contributed by atoms with Gasteiger partial charge in [-0.3, -0.25) is 0 Å². The van der Waals surface area contributed by atoms with Crippen LogP contribution in [0.4, 0.5) is 0 Å². The molecule has 0 amide bonds. The highest BCUT2D eigenvalue weighted by Crippen LogP contribution is 2.29. The summed E-state index contributed by atoms with van der Waals surface area (Å²) in [7, 11) is 0. The van der Waals surface area contributed by atoms with Crippen molar-refractivity contribution in [3.63, 3.8) is 0 Å². The number of rotatable bonds is 3. The van der Waals surface area contributed by atoms with Gasteiger partial charge in [0.15, 0.2) is 0 Å². The smallest absolute Gasteiger partial charge is 0.0151 e. The van der Waals surface area contributed by atoms with E-state index in [-0.39, 0.29) is 0 Å². The third kappa shape index (κ3) is 1.98. The Balaban J connectivity index is 2.00. The molecule has 14 heavy (non-hydrogen) atoms. The summed E-state index contributed by atoms with van der Waals surface area (Å²) in [5.41, 5.74) is 1.50. The Labute approximate surface area is 86.5 Å². The summed E-state index contributed by atoms with van der Waals surface area (Å²) in [6.45, 7) is 5.74. The van der Waals surface area contributed by atoms with Crippen molar-refractivity contribution < 1.29 is 0 Å². The van der Waals surface area contributed by atoms with Crippen LogP contribution in [-0.4, -0.2) is 12.6 Å². The molecule has 0 bridgehead atoms. The monoisotopic (exact) mass is 189 g/mol. The minimum absolute atomic E-state index is 0.706. The lowest BCUT2D eigenvalue weighted by molar-refractivity contribution is 0.268. The molecule has 1 aliphatic heterocycles. The van der Waals surface area contributed by atoms with Crippen molar-refractivity contribution in [1.29, 1.82) is 0 Å². The lowest BCUT2D eigenvalue weighted by Crippen LogP contribution is -2.51. The summed E-state index contributed by atoms with van der Waals surface area (Å²) in [5.74, 6) is 1.54. The van der Waals surface area contributed by atoms with Gasteiger partial charge in [0, 0.05) is 18.5 Å². The van der Waals surface area contributed by atoms with Crippen molar-refractivity contribution in [2.75, 3.05) is 6.54 Å². The third-order valence-corrected chi connectivity index (χ3v) is 3.04. The predicted octanol–water partition coefficient (Wildman–Crippen LogP) is 2.79. The molecule has 2 unspecified atom stereocenters. The van der Waals surface area contributed by atoms with E-state index < -0.39 is 0 Å². The first-order chi connectivity index (χ1) is 6.77. The first-order valence-corrected chi connectivity index (χ1v) is 5.55. The first kappa shape index (κ1) is 9.72. The number of nitrogens with one attached hydrogen (secondary N) is 1. The van der Waals surface area contributed by atoms with Crippen molar-refractivity contribution >= 4 is 0 Å². The summed E-state index contributed by atoms with van der Waals surface area (Å²) in [6.07, 6.45) is 1.29. The van der Waals surface area contributed by atoms with Crippen LogP contribution in [0.1, 0.15) is 31.7 Å². The number of hydrogen-bond donors (Lipinski definition) is 1. The molecule has 1 heteroatoms. The van der Waals surface area contributed by atoms with Gasteiger partial charge in [-0.2, -0.15) is 0 Å². The summed E-state index contributed by atoms with van der Waals surface area (Å²) in [5, 5.41) is 3.53. The minimum atomic E-state index is 0.706. The maximum Gasteiger partial charge on any atom is 0.0151 e. The van der Waals surface area contributed by atoms with E-state index in [1.54, 1.807) is 0 Å². The maximum atomic E-state index is 3.53. The Morgan fingerprint density at radius 1 is 1.29 bits per heavy atom. The number of benzene rings is 1. The van der Waals surface area contributed by atoms with Crippen molar-refractivity contribution in [2.24, 2.45) is 5.92 Å². The molecule has 0 radical (unpaired) electrons. The van der Waals surface area contributed by atoms with Crippen LogP contribution in [0, 0.1) is 5.92 Å². The van der Waals surface area contributed by atoms with Crippen molar-refractivity contribution in [2.45, 2.75) is 32.2 Å². The van der Waals surface area contributed by atoms with E-state index in [9.17, 15) is 0 Å². The molecule has 0 aromatic heterocycles. The molecule has 1 saturated heterocycles. The SMILES string of the molecule is CC(C)CC1NCC1c1ccccc1. The standard InChI is InChI=1S/C13H19N/c1-10(2)8-13-12(9-14-13)11-6-4-3-5-7-11/h3-7,10,12-14H,8-9H2,1-2H3. The van der Waals surface area contributed by atoms with E-state index >= 15 is 0 Å². The van der Waals surface area contributed by atoms with Crippen LogP contribution >= 0.6 is 0 Å². The maximum absolute atomic E-state index is 3.53. The van der Waals surface area contributed by atoms with Gasteiger partial charge < -0.3 is 5.32 Å². The van der Waals surface area contributed by atoms with E-state index in [0.29, 0.717) is 6.04 Å². The molecule has 1 aromatic rings. The summed E-state index contributed by atoms with van der Waals surface area (Å²) in [6, 6.07) is 11.6. The zero-order chi connectivity index (χ0) is 9.97. The summed E-state index contributed by atoms with van der Waals surface area (Å²) < 4.78 is 0. The Hall–Kier alpha value is -0.820. The van der Waals surface area contributed by atoms with Crippen molar-refractivity contribution in [1.82, 2.24) is 5.32 Å². The second kappa shape index (κ2) is 4.14. The third-order valence-electron chi connectivity index (χ3n) is 3.04. The van der Waals surface area contributed by atoms with Gasteiger partial charge in [-0.05, 0) is 17.9 Å². The highest BCUT2D eigenvalue weighted by atomic mass is 15.0. The van der Waals surface area contributed by atoms with Crippen LogP contribution < -0.4 is 5.32 Å². The Morgan fingerprint density at radius 2 is 2.00 bits per heavy atom. The molecular weight excluding hydrogens is 170 g/mol. The van der Waals surface area contributed by atoms with Gasteiger partial charge in [-0.15, -0.1) is 0 Å². The van der Waals surface area contributed by atoms with E-state index in [1.165, 1.54) is 12.0 Å². The molecule has 76 valence electrons. The fourth-order valence-electron chi connectivity index (χ4n) is 2.21. The van der Waals surface area contributed by atoms with Crippen LogP contribution in [0.5, 0.6) is 0 Å². The zero-order valence-electron chi connectivity index (χ0n) is 9.03. The molecule has 2 rings (SSSR count). The van der Waals surface area contributed by atoms with Crippen LogP contribution in [-0.2, 0) is 0 Å². The quantitative estimate of drug-likeness (QED) is 0.771. The minimum Gasteiger partial charge on any atom is -0.313 e. The van der Waals surface area contributed by atoms with Crippen LogP contribution in [0.2, 0.25) is 0 Å². The summed E-state index contributed by atoms with van der Waals surface area (Å²) in [4.78, 5) is 0. The van der Waals surface area contributed by atoms with Crippen LogP contribution in [0.3, 0.4) is 0 Å². The lowest BCUT2D eigenvalue weighted by Gasteiger charge is -2.39. The average molecular weight is 189 g/mol. The van der Waals surface area contributed by atoms with Gasteiger partial charge in [0.25, 0.3) is 0 Å². The molecule has 0 saturated carbocycles. The second-order valence-electron chi connectivity index (χ2n) is 4.66. The number of hydrogen-bond acceptors (Lipinski definition) is 1. The molecule has 1 N–H and O–H groups in total. The largest absolute Gasteiger partial charge is 0.313 e. The van der Waals surface area contributed by atoms with Gasteiger partial charge in [0.2, 0.25) is 0 Å². The molecule has 1 nitrogen and oxygen atoms in total. The van der Waals surface area contributed by atoms with Crippen LogP contribution in [0.15, 0.2) is 30.3 Å². The van der Waals surface area contributed by atoms with E-state index in [0.717, 1.165) is 18.4 Å². The van der Waals surface area contributed by atoms with E-state index in [2.05, 4.69) is 49.5 Å². The molecule has 0 aliphatic carbocycles. The molecule has 2 atom stereocenters. The van der Waals surface area contributed by atoms with Gasteiger partial charge >= 0.3 is 0 Å². The van der Waals surface area contributed by atoms with Crippen LogP contribution in [0.25, 0.3) is 0 Å². The summed E-state index contributed by atoms with van der Waals surface area (Å²) >= 11 is 0. The molecular formula is C13H19N. The topological polar surface area (TPSA) is 12.0 Å². The average Bonchev–Trinajstić information content (AvgIpc) is 2.14. The molecule has 1 aliphatic rings. The molecule has 1 aromatic carbocycles. The normalized spacial score (nSPS) is 26.2. The van der Waals surface area contributed by atoms with Crippen molar-refractivity contribution in [3.05, 3.63) is 35.9 Å². The predicted molar refractivity (Wildman–Crippen MR) is 60.4 cm³/mol. The molecule has 1 fully saturated rings. The van der Waals surface area contributed by atoms with Gasteiger partial charge in [-0.1, -0.05) is 44.2 Å². The van der Waals surface area contributed by atoms with Crippen molar-refractivity contribution in [3.8, 4) is 0 Å². The molecule has 1 heterocycles. The highest BCUT2D eigenvalue weighted by Gasteiger charge is 2.31. The second-order valence-corrected chi connectivity index (χ2v) is 4.66. The van der Waals surface area contributed by atoms with Gasteiger partial charge in [0.05, 0.1) is 0 Å². The fraction of sp³-hybridized carbons (Fsp3) is 0.538. The zero-order valence-corrected chi connectivity index (χ0v) is 9.03. The fourth-order valence-corrected chi connectivity index (χ4v) is 2.21. The lowest BCUT2D eigenvalue weighted by atomic mass is 9.81. The first-order valence-electron chi connectivity index (χ1n) is 5.55. The highest BCUT2D eigenvalue weighted by molar-refractivity contribution is 5.24. The molecule has 0 spiro atoms. The Kier molecular flexibility index (Phi) is 2.87. The van der Waals surface area contributed by atoms with Gasteiger partial charge in [-0.25, -0.2) is 0 Å². The van der Waals surface area contributed by atoms with Gasteiger partial charge in [0.1, 0.15) is 0 Å². The van der Waals surface area contributed by atoms with E-state index in [4.69, 9.17) is 0 Å². The Bertz CT molecular complexity index is 279. The van der Waals surface area contributed by atoms with E-state index in [1.807, 2.05) is 0 Å².